The molecule has 0 saturated carbocycles. The molecular weight excluding hydrogens is 310 g/mol. The Bertz CT molecular complexity index is 838. The molecular formula is C18H14ClN3O. The standard InChI is InChI=1S/C18H14ClN3O/c19-17-3-1-2-15(8-17)12-23-18-9-14(4-5-16(18)10-20)11-22-7-6-21-13-22/h1-9,13H,11-12H2. The number of nitrogens with zero attached hydrogens (tertiary/aromatic N) is 3. The smallest absolute Gasteiger partial charge is 0.137 e. The summed E-state index contributed by atoms with van der Waals surface area (Å²) in [4.78, 5) is 4.03. The van der Waals surface area contributed by atoms with Crippen LogP contribution in [0.1, 0.15) is 16.7 Å². The van der Waals surface area contributed by atoms with Gasteiger partial charge < -0.3 is 9.30 Å². The van der Waals surface area contributed by atoms with Gasteiger partial charge in [-0.1, -0.05) is 29.8 Å². The molecule has 0 bridgehead atoms. The highest BCUT2D eigenvalue weighted by atomic mass is 35.5. The molecule has 3 aromatic rings. The van der Waals surface area contributed by atoms with E-state index >= 15 is 0 Å². The second kappa shape index (κ2) is 6.99. The maximum Gasteiger partial charge on any atom is 0.137 e. The van der Waals surface area contributed by atoms with Gasteiger partial charge in [0.25, 0.3) is 0 Å². The Morgan fingerprint density at radius 2 is 2.09 bits per heavy atom. The molecule has 0 unspecified atom stereocenters. The molecule has 1 heterocycles. The third-order valence-corrected chi connectivity index (χ3v) is 3.61. The summed E-state index contributed by atoms with van der Waals surface area (Å²) in [6.45, 7) is 1.04. The molecule has 0 fully saturated rings. The molecule has 0 aliphatic heterocycles. The van der Waals surface area contributed by atoms with E-state index in [0.717, 1.165) is 11.1 Å². The van der Waals surface area contributed by atoms with Gasteiger partial charge in [0.2, 0.25) is 0 Å². The fourth-order valence-electron chi connectivity index (χ4n) is 2.26. The zero-order valence-corrected chi connectivity index (χ0v) is 13.1. The Morgan fingerprint density at radius 1 is 1.17 bits per heavy atom. The largest absolute Gasteiger partial charge is 0.488 e. The van der Waals surface area contributed by atoms with E-state index in [9.17, 15) is 5.26 Å². The van der Waals surface area contributed by atoms with Gasteiger partial charge >= 0.3 is 0 Å². The van der Waals surface area contributed by atoms with E-state index in [2.05, 4.69) is 11.1 Å². The van der Waals surface area contributed by atoms with Crippen LogP contribution in [0.3, 0.4) is 0 Å². The lowest BCUT2D eigenvalue weighted by atomic mass is 10.1. The normalized spacial score (nSPS) is 10.3. The number of aromatic nitrogens is 2. The highest BCUT2D eigenvalue weighted by molar-refractivity contribution is 6.30. The predicted molar refractivity (Wildman–Crippen MR) is 88.3 cm³/mol. The molecule has 23 heavy (non-hydrogen) atoms. The van der Waals surface area contributed by atoms with Crippen LogP contribution in [-0.4, -0.2) is 9.55 Å². The molecule has 5 heteroatoms. The summed E-state index contributed by atoms with van der Waals surface area (Å²) < 4.78 is 7.78. The third-order valence-electron chi connectivity index (χ3n) is 3.37. The average molecular weight is 324 g/mol. The van der Waals surface area contributed by atoms with Crippen LogP contribution in [0.15, 0.2) is 61.2 Å². The van der Waals surface area contributed by atoms with Crippen LogP contribution in [-0.2, 0) is 13.2 Å². The van der Waals surface area contributed by atoms with Crippen molar-refractivity contribution < 1.29 is 4.74 Å². The molecule has 0 aliphatic carbocycles. The number of hydrogen-bond acceptors (Lipinski definition) is 3. The fourth-order valence-corrected chi connectivity index (χ4v) is 2.47. The number of benzene rings is 2. The zero-order valence-electron chi connectivity index (χ0n) is 12.3. The number of rotatable bonds is 5. The van der Waals surface area contributed by atoms with E-state index in [1.807, 2.05) is 47.2 Å². The van der Waals surface area contributed by atoms with Gasteiger partial charge in [-0.3, -0.25) is 0 Å². The molecule has 4 nitrogen and oxygen atoms in total. The van der Waals surface area contributed by atoms with E-state index < -0.39 is 0 Å². The first-order chi connectivity index (χ1) is 11.2. The molecule has 0 radical (unpaired) electrons. The van der Waals surface area contributed by atoms with Crippen molar-refractivity contribution in [2.75, 3.05) is 0 Å². The zero-order chi connectivity index (χ0) is 16.1. The highest BCUT2D eigenvalue weighted by Crippen LogP contribution is 2.22. The summed E-state index contributed by atoms with van der Waals surface area (Å²) in [5.41, 5.74) is 2.52. The Hall–Kier alpha value is -2.77. The summed E-state index contributed by atoms with van der Waals surface area (Å²) in [5.74, 6) is 0.574. The molecule has 0 saturated heterocycles. The molecule has 114 valence electrons. The minimum atomic E-state index is 0.365. The number of imidazole rings is 1. The van der Waals surface area contributed by atoms with Crippen molar-refractivity contribution >= 4 is 11.6 Å². The van der Waals surface area contributed by atoms with Crippen LogP contribution in [0.5, 0.6) is 5.75 Å². The van der Waals surface area contributed by atoms with Crippen LogP contribution in [0.4, 0.5) is 0 Å². The number of ether oxygens (including phenoxy) is 1. The van der Waals surface area contributed by atoms with Gasteiger partial charge in [0.1, 0.15) is 18.4 Å². The molecule has 2 aromatic carbocycles. The monoisotopic (exact) mass is 323 g/mol. The van der Waals surface area contributed by atoms with Crippen LogP contribution in [0, 0.1) is 11.3 Å². The first-order valence-corrected chi connectivity index (χ1v) is 7.48. The van der Waals surface area contributed by atoms with E-state index in [0.29, 0.717) is 29.5 Å². The van der Waals surface area contributed by atoms with Crippen LogP contribution < -0.4 is 4.74 Å². The SMILES string of the molecule is N#Cc1ccc(Cn2ccnc2)cc1OCc1cccc(Cl)c1. The Kier molecular flexibility index (Phi) is 4.60. The van der Waals surface area contributed by atoms with Crippen molar-refractivity contribution in [3.63, 3.8) is 0 Å². The fraction of sp³-hybridized carbons (Fsp3) is 0.111. The lowest BCUT2D eigenvalue weighted by molar-refractivity contribution is 0.305. The van der Waals surface area contributed by atoms with Gasteiger partial charge in [0, 0.05) is 24.0 Å². The first kappa shape index (κ1) is 15.1. The first-order valence-electron chi connectivity index (χ1n) is 7.10. The van der Waals surface area contributed by atoms with Gasteiger partial charge in [0.15, 0.2) is 0 Å². The van der Waals surface area contributed by atoms with Crippen molar-refractivity contribution in [2.24, 2.45) is 0 Å². The van der Waals surface area contributed by atoms with Crippen molar-refractivity contribution in [1.29, 1.82) is 5.26 Å². The summed E-state index contributed by atoms with van der Waals surface area (Å²) in [7, 11) is 0. The minimum absolute atomic E-state index is 0.365. The molecule has 0 aliphatic rings. The maximum absolute atomic E-state index is 9.24. The lowest BCUT2D eigenvalue weighted by Gasteiger charge is -2.11. The Balaban J connectivity index is 1.78. The molecule has 0 amide bonds. The Morgan fingerprint density at radius 3 is 2.83 bits per heavy atom. The summed E-state index contributed by atoms with van der Waals surface area (Å²) in [6.07, 6.45) is 5.38. The predicted octanol–water partition coefficient (Wildman–Crippen LogP) is 4.04. The highest BCUT2D eigenvalue weighted by Gasteiger charge is 2.06. The lowest BCUT2D eigenvalue weighted by Crippen LogP contribution is -2.01. The summed E-state index contributed by atoms with van der Waals surface area (Å²) >= 11 is 5.97. The molecule has 0 atom stereocenters. The number of hydrogen-bond donors (Lipinski definition) is 0. The summed E-state index contributed by atoms with van der Waals surface area (Å²) in [6, 6.07) is 15.2. The topological polar surface area (TPSA) is 50.8 Å². The van der Waals surface area contributed by atoms with E-state index in [-0.39, 0.29) is 0 Å². The van der Waals surface area contributed by atoms with Crippen molar-refractivity contribution in [1.82, 2.24) is 9.55 Å². The van der Waals surface area contributed by atoms with E-state index in [1.54, 1.807) is 18.6 Å². The van der Waals surface area contributed by atoms with Crippen molar-refractivity contribution in [3.05, 3.63) is 82.9 Å². The van der Waals surface area contributed by atoms with E-state index in [4.69, 9.17) is 16.3 Å². The summed E-state index contributed by atoms with van der Waals surface area (Å²) in [5, 5.41) is 9.91. The third kappa shape index (κ3) is 3.91. The van der Waals surface area contributed by atoms with Crippen LogP contribution in [0.25, 0.3) is 0 Å². The number of halogens is 1. The molecule has 0 N–H and O–H groups in total. The maximum atomic E-state index is 9.24. The van der Waals surface area contributed by atoms with Crippen LogP contribution >= 0.6 is 11.6 Å². The van der Waals surface area contributed by atoms with Crippen LogP contribution in [0.2, 0.25) is 5.02 Å². The van der Waals surface area contributed by atoms with Gasteiger partial charge in [0.05, 0.1) is 11.9 Å². The molecule has 0 spiro atoms. The second-order valence-electron chi connectivity index (χ2n) is 5.10. The second-order valence-corrected chi connectivity index (χ2v) is 5.53. The quantitative estimate of drug-likeness (QED) is 0.712. The molecule has 1 aromatic heterocycles. The number of nitriles is 1. The molecule has 3 rings (SSSR count). The van der Waals surface area contributed by atoms with Gasteiger partial charge in [-0.05, 0) is 35.4 Å². The van der Waals surface area contributed by atoms with E-state index in [1.165, 1.54) is 0 Å². The Labute approximate surface area is 139 Å². The van der Waals surface area contributed by atoms with Gasteiger partial charge in [-0.15, -0.1) is 0 Å². The minimum Gasteiger partial charge on any atom is -0.488 e. The van der Waals surface area contributed by atoms with Gasteiger partial charge in [-0.2, -0.15) is 5.26 Å². The van der Waals surface area contributed by atoms with Gasteiger partial charge in [-0.25, -0.2) is 4.98 Å². The average Bonchev–Trinajstić information content (AvgIpc) is 3.06. The van der Waals surface area contributed by atoms with Crippen molar-refractivity contribution in [2.45, 2.75) is 13.2 Å². The van der Waals surface area contributed by atoms with Crippen molar-refractivity contribution in [3.8, 4) is 11.8 Å².